The average Bonchev–Trinajstić information content (AvgIpc) is 2.71. The molecular weight excluding hydrogens is 268 g/mol. The Labute approximate surface area is 122 Å². The summed E-state index contributed by atoms with van der Waals surface area (Å²) in [5, 5.41) is 2.97. The number of aryl methyl sites for hydroxylation is 1. The topological polar surface area (TPSA) is 82.0 Å². The van der Waals surface area contributed by atoms with Gasteiger partial charge in [0, 0.05) is 18.8 Å². The van der Waals surface area contributed by atoms with Crippen LogP contribution in [0.2, 0.25) is 0 Å². The van der Waals surface area contributed by atoms with Crippen LogP contribution in [0.1, 0.15) is 32.1 Å². The number of anilines is 1. The maximum absolute atomic E-state index is 12.5. The number of carbonyl (C=O) groups is 1. The van der Waals surface area contributed by atoms with E-state index >= 15 is 0 Å². The second kappa shape index (κ2) is 5.27. The molecule has 1 aromatic heterocycles. The van der Waals surface area contributed by atoms with E-state index in [1.807, 2.05) is 0 Å². The summed E-state index contributed by atoms with van der Waals surface area (Å²) in [7, 11) is 1.66. The normalized spacial score (nSPS) is 16.2. The summed E-state index contributed by atoms with van der Waals surface area (Å²) in [5.41, 5.74) is 7.22. The van der Waals surface area contributed by atoms with Crippen LogP contribution in [0.15, 0.2) is 23.0 Å². The molecule has 2 aromatic rings. The van der Waals surface area contributed by atoms with Gasteiger partial charge in [-0.15, -0.1) is 0 Å². The fourth-order valence-electron chi connectivity index (χ4n) is 3.04. The highest BCUT2D eigenvalue weighted by Gasteiger charge is 2.21. The Morgan fingerprint density at radius 1 is 1.24 bits per heavy atom. The minimum atomic E-state index is -0.358. The average molecular weight is 288 g/mol. The minimum absolute atomic E-state index is 0.162. The summed E-state index contributed by atoms with van der Waals surface area (Å²) in [6, 6.07) is 4.95. The van der Waals surface area contributed by atoms with Gasteiger partial charge in [0.2, 0.25) is 0 Å². The number of hydrogen-bond acceptors (Lipinski definition) is 3. The monoisotopic (exact) mass is 288 g/mol. The predicted octanol–water partition coefficient (Wildman–Crippen LogP) is 1.81. The van der Waals surface area contributed by atoms with Crippen molar-refractivity contribution in [1.29, 1.82) is 0 Å². The van der Waals surface area contributed by atoms with Crippen LogP contribution in [0.4, 0.5) is 10.5 Å². The predicted molar refractivity (Wildman–Crippen MR) is 82.4 cm³/mol. The van der Waals surface area contributed by atoms with Gasteiger partial charge in [0.05, 0.1) is 11.0 Å². The summed E-state index contributed by atoms with van der Waals surface area (Å²) < 4.78 is 2.65. The van der Waals surface area contributed by atoms with Crippen LogP contribution in [0.5, 0.6) is 0 Å². The quantitative estimate of drug-likeness (QED) is 0.785. The van der Waals surface area contributed by atoms with Crippen molar-refractivity contribution in [1.82, 2.24) is 14.5 Å². The molecule has 6 nitrogen and oxygen atoms in total. The molecule has 0 aliphatic heterocycles. The van der Waals surface area contributed by atoms with Gasteiger partial charge in [0.25, 0.3) is 0 Å². The number of fused-ring (bicyclic) bond motifs is 1. The molecule has 0 radical (unpaired) electrons. The van der Waals surface area contributed by atoms with Crippen molar-refractivity contribution in [2.75, 3.05) is 5.73 Å². The second-order valence-electron chi connectivity index (χ2n) is 5.71. The number of nitrogens with zero attached hydrogens (tertiary/aromatic N) is 2. The number of benzene rings is 1. The molecule has 1 heterocycles. The highest BCUT2D eigenvalue weighted by Crippen LogP contribution is 2.19. The number of carbonyl (C=O) groups excluding carboxylic acids is 1. The van der Waals surface area contributed by atoms with Crippen LogP contribution in [-0.2, 0) is 7.05 Å². The number of nitrogens with two attached hydrogens (primary N) is 1. The first kappa shape index (κ1) is 13.7. The molecule has 112 valence electrons. The molecule has 1 aliphatic carbocycles. The lowest BCUT2D eigenvalue weighted by Crippen LogP contribution is -2.42. The summed E-state index contributed by atoms with van der Waals surface area (Å²) in [5.74, 6) is 0. The Morgan fingerprint density at radius 2 is 1.95 bits per heavy atom. The maximum atomic E-state index is 12.5. The summed E-state index contributed by atoms with van der Waals surface area (Å²) in [6.07, 6.45) is 5.43. The van der Waals surface area contributed by atoms with E-state index in [4.69, 9.17) is 5.73 Å². The van der Waals surface area contributed by atoms with Gasteiger partial charge in [-0.3, -0.25) is 4.57 Å². The molecule has 1 saturated carbocycles. The van der Waals surface area contributed by atoms with E-state index in [-0.39, 0.29) is 17.8 Å². The Bertz CT molecular complexity index is 738. The number of amides is 1. The number of nitrogens with one attached hydrogen (secondary N) is 1. The van der Waals surface area contributed by atoms with Crippen LogP contribution in [-0.4, -0.2) is 21.2 Å². The van der Waals surface area contributed by atoms with Gasteiger partial charge in [-0.1, -0.05) is 19.3 Å². The van der Waals surface area contributed by atoms with Gasteiger partial charge in [-0.2, -0.15) is 0 Å². The molecule has 0 saturated heterocycles. The summed E-state index contributed by atoms with van der Waals surface area (Å²) in [4.78, 5) is 24.8. The number of imidazole rings is 1. The first-order chi connectivity index (χ1) is 10.1. The molecule has 3 rings (SSSR count). The van der Waals surface area contributed by atoms with Crippen molar-refractivity contribution in [3.05, 3.63) is 28.7 Å². The molecule has 6 heteroatoms. The third-order valence-corrected chi connectivity index (χ3v) is 4.22. The van der Waals surface area contributed by atoms with Crippen molar-refractivity contribution in [2.24, 2.45) is 7.05 Å². The summed E-state index contributed by atoms with van der Waals surface area (Å²) in [6.45, 7) is 0. The van der Waals surface area contributed by atoms with E-state index in [9.17, 15) is 9.59 Å². The zero-order chi connectivity index (χ0) is 15.0. The molecular formula is C15H20N4O2. The van der Waals surface area contributed by atoms with Crippen molar-refractivity contribution in [2.45, 2.75) is 38.1 Å². The van der Waals surface area contributed by atoms with Crippen molar-refractivity contribution < 1.29 is 4.79 Å². The highest BCUT2D eigenvalue weighted by molar-refractivity contribution is 5.91. The largest absolute Gasteiger partial charge is 0.399 e. The van der Waals surface area contributed by atoms with Crippen LogP contribution >= 0.6 is 0 Å². The number of rotatable bonds is 1. The van der Waals surface area contributed by atoms with E-state index in [0.29, 0.717) is 16.7 Å². The number of nitrogen functional groups attached to an aromatic ring is 1. The van der Waals surface area contributed by atoms with E-state index in [0.717, 1.165) is 25.7 Å². The van der Waals surface area contributed by atoms with E-state index in [1.165, 1.54) is 15.6 Å². The standard InChI is InChI=1S/C15H20N4O2/c1-18-12-8-7-10(16)9-13(12)19(15(18)21)14(20)17-11-5-3-2-4-6-11/h7-9,11H,2-6,16H2,1H3,(H,17,20). The number of hydrogen-bond donors (Lipinski definition) is 2. The molecule has 0 bridgehead atoms. The molecule has 21 heavy (non-hydrogen) atoms. The van der Waals surface area contributed by atoms with Crippen molar-refractivity contribution in [3.8, 4) is 0 Å². The van der Waals surface area contributed by atoms with Gasteiger partial charge >= 0.3 is 11.7 Å². The SMILES string of the molecule is Cn1c(=O)n(C(=O)NC2CCCCC2)c2cc(N)ccc21. The molecule has 0 spiro atoms. The zero-order valence-electron chi connectivity index (χ0n) is 12.1. The van der Waals surface area contributed by atoms with Gasteiger partial charge in [0.1, 0.15) is 0 Å². The van der Waals surface area contributed by atoms with E-state index < -0.39 is 0 Å². The third-order valence-electron chi connectivity index (χ3n) is 4.22. The van der Waals surface area contributed by atoms with Gasteiger partial charge in [-0.05, 0) is 31.0 Å². The van der Waals surface area contributed by atoms with E-state index in [1.54, 1.807) is 25.2 Å². The van der Waals surface area contributed by atoms with Crippen LogP contribution < -0.4 is 16.7 Å². The van der Waals surface area contributed by atoms with Crippen molar-refractivity contribution in [3.63, 3.8) is 0 Å². The fourth-order valence-corrected chi connectivity index (χ4v) is 3.04. The molecule has 1 fully saturated rings. The van der Waals surface area contributed by atoms with Crippen LogP contribution in [0.25, 0.3) is 11.0 Å². The highest BCUT2D eigenvalue weighted by atomic mass is 16.2. The zero-order valence-corrected chi connectivity index (χ0v) is 12.1. The van der Waals surface area contributed by atoms with Gasteiger partial charge in [0.15, 0.2) is 0 Å². The third kappa shape index (κ3) is 2.41. The molecule has 1 aromatic carbocycles. The van der Waals surface area contributed by atoms with Gasteiger partial charge in [-0.25, -0.2) is 14.2 Å². The lowest BCUT2D eigenvalue weighted by Gasteiger charge is -2.22. The molecule has 3 N–H and O–H groups in total. The lowest BCUT2D eigenvalue weighted by molar-refractivity contribution is 0.234. The Balaban J connectivity index is 1.99. The van der Waals surface area contributed by atoms with E-state index in [2.05, 4.69) is 5.32 Å². The van der Waals surface area contributed by atoms with Crippen molar-refractivity contribution >= 4 is 22.8 Å². The van der Waals surface area contributed by atoms with Gasteiger partial charge < -0.3 is 11.1 Å². The fraction of sp³-hybridized carbons (Fsp3) is 0.467. The smallest absolute Gasteiger partial charge is 0.337 e. The number of aromatic nitrogens is 2. The van der Waals surface area contributed by atoms with Crippen LogP contribution in [0.3, 0.4) is 0 Å². The first-order valence-electron chi connectivity index (χ1n) is 7.36. The Kier molecular flexibility index (Phi) is 3.45. The molecule has 0 atom stereocenters. The summed E-state index contributed by atoms with van der Waals surface area (Å²) >= 11 is 0. The maximum Gasteiger partial charge on any atom is 0.337 e. The minimum Gasteiger partial charge on any atom is -0.399 e. The molecule has 0 unspecified atom stereocenters. The lowest BCUT2D eigenvalue weighted by atomic mass is 9.96. The molecule has 1 amide bonds. The first-order valence-corrected chi connectivity index (χ1v) is 7.36. The second-order valence-corrected chi connectivity index (χ2v) is 5.71. The van der Waals surface area contributed by atoms with Crippen LogP contribution in [0, 0.1) is 0 Å². The molecule has 1 aliphatic rings. The Hall–Kier alpha value is -2.24. The Morgan fingerprint density at radius 3 is 2.67 bits per heavy atom.